The molecule has 0 radical (unpaired) electrons. The number of hydrogen-bond donors (Lipinski definition) is 1. The van der Waals surface area contributed by atoms with Crippen molar-refractivity contribution in [2.24, 2.45) is 21.6 Å². The molecule has 4 atom stereocenters. The summed E-state index contributed by atoms with van der Waals surface area (Å²) in [7, 11) is 0. The number of nitriles is 2. The van der Waals surface area contributed by atoms with E-state index in [4.69, 9.17) is 10.5 Å². The van der Waals surface area contributed by atoms with Crippen molar-refractivity contribution in [2.75, 3.05) is 12.4 Å². The monoisotopic (exact) mass is 386 g/mol. The van der Waals surface area contributed by atoms with E-state index in [2.05, 4.69) is 29.3 Å². The number of nitrogens with two attached hydrogens (primary N) is 1. The van der Waals surface area contributed by atoms with Crippen LogP contribution in [0.5, 0.6) is 0 Å². The Morgan fingerprint density at radius 1 is 1.04 bits per heavy atom. The van der Waals surface area contributed by atoms with Crippen molar-refractivity contribution >= 4 is 17.6 Å². The van der Waals surface area contributed by atoms with Gasteiger partial charge < -0.3 is 10.5 Å². The van der Waals surface area contributed by atoms with Gasteiger partial charge in [-0.3, -0.25) is 0 Å². The molecule has 2 heterocycles. The molecule has 2 N–H and O–H groups in total. The maximum atomic E-state index is 10.3. The molecule has 1 saturated carbocycles. The van der Waals surface area contributed by atoms with E-state index in [9.17, 15) is 10.5 Å². The summed E-state index contributed by atoms with van der Waals surface area (Å²) >= 11 is 1.48. The normalized spacial score (nSPS) is 37.8. The first kappa shape index (κ1) is 17.3. The van der Waals surface area contributed by atoms with Crippen LogP contribution in [0.15, 0.2) is 59.6 Å². The van der Waals surface area contributed by atoms with Crippen LogP contribution >= 0.6 is 11.8 Å². The quantitative estimate of drug-likeness (QED) is 0.853. The minimum Gasteiger partial charge on any atom is -0.386 e. The first-order valence-corrected chi connectivity index (χ1v) is 10.1. The van der Waals surface area contributed by atoms with Gasteiger partial charge in [-0.25, -0.2) is 4.99 Å². The standard InChI is InChI=1S/C22H18N4OS/c1-19(17-9-7-16(8-10-17)15-5-3-2-4-6-15)20(13-23)18(25)26-22(21(19,20)14-24)27-11-12-28-22/h2-10H,11-12H2,1H3,(H2,25,26)/t19-,20-,21+,22+/m0/s1. The predicted molar refractivity (Wildman–Crippen MR) is 108 cm³/mol. The summed E-state index contributed by atoms with van der Waals surface area (Å²) in [6, 6.07) is 23.0. The zero-order chi connectivity index (χ0) is 19.6. The van der Waals surface area contributed by atoms with Gasteiger partial charge in [0.25, 0.3) is 0 Å². The smallest absolute Gasteiger partial charge is 0.231 e. The number of fused-ring (bicyclic) bond motifs is 2. The molecule has 1 aliphatic carbocycles. The van der Waals surface area contributed by atoms with Crippen LogP contribution in [0.25, 0.3) is 11.1 Å². The lowest BCUT2D eigenvalue weighted by Gasteiger charge is -2.30. The average Bonchev–Trinajstić information content (AvgIpc) is 3.00. The van der Waals surface area contributed by atoms with Crippen LogP contribution in [-0.2, 0) is 10.2 Å². The molecule has 28 heavy (non-hydrogen) atoms. The highest BCUT2D eigenvalue weighted by atomic mass is 32.2. The van der Waals surface area contributed by atoms with Gasteiger partial charge in [0.15, 0.2) is 10.8 Å². The molecule has 0 amide bonds. The third-order valence-corrected chi connectivity index (χ3v) is 7.99. The van der Waals surface area contributed by atoms with E-state index in [0.29, 0.717) is 6.61 Å². The highest BCUT2D eigenvalue weighted by Crippen LogP contribution is 2.87. The van der Waals surface area contributed by atoms with Crippen LogP contribution in [0.4, 0.5) is 0 Å². The average molecular weight is 386 g/mol. The molecule has 2 aliphatic heterocycles. The van der Waals surface area contributed by atoms with E-state index in [0.717, 1.165) is 22.4 Å². The number of aliphatic imine (C=N–C) groups is 1. The summed E-state index contributed by atoms with van der Waals surface area (Å²) in [6.07, 6.45) is 0. The van der Waals surface area contributed by atoms with E-state index in [1.54, 1.807) is 0 Å². The Balaban J connectivity index is 1.65. The molecule has 0 unspecified atom stereocenters. The Hall–Kier alpha value is -2.80. The molecule has 138 valence electrons. The van der Waals surface area contributed by atoms with Gasteiger partial charge in [-0.15, -0.1) is 0 Å². The highest BCUT2D eigenvalue weighted by molar-refractivity contribution is 8.00. The van der Waals surface area contributed by atoms with Crippen LogP contribution in [-0.4, -0.2) is 23.3 Å². The minimum absolute atomic E-state index is 0.209. The van der Waals surface area contributed by atoms with Crippen LogP contribution in [0.2, 0.25) is 0 Å². The molecule has 2 aromatic rings. The van der Waals surface area contributed by atoms with E-state index >= 15 is 0 Å². The van der Waals surface area contributed by atoms with E-state index < -0.39 is 21.3 Å². The summed E-state index contributed by atoms with van der Waals surface area (Å²) in [4.78, 5) is 4.51. The zero-order valence-corrected chi connectivity index (χ0v) is 16.2. The third kappa shape index (κ3) is 1.58. The van der Waals surface area contributed by atoms with Crippen LogP contribution < -0.4 is 5.73 Å². The predicted octanol–water partition coefficient (Wildman–Crippen LogP) is 3.43. The minimum atomic E-state index is -1.18. The van der Waals surface area contributed by atoms with Crippen molar-refractivity contribution in [3.8, 4) is 23.3 Å². The van der Waals surface area contributed by atoms with Gasteiger partial charge in [-0.05, 0) is 16.7 Å². The van der Waals surface area contributed by atoms with Gasteiger partial charge in [0.2, 0.25) is 5.06 Å². The first-order chi connectivity index (χ1) is 13.5. The van der Waals surface area contributed by atoms with Crippen LogP contribution in [0.3, 0.4) is 0 Å². The lowest BCUT2D eigenvalue weighted by molar-refractivity contribution is 0.0151. The molecule has 0 aromatic heterocycles. The maximum absolute atomic E-state index is 10.3. The Bertz CT molecular complexity index is 1080. The van der Waals surface area contributed by atoms with E-state index in [1.165, 1.54) is 11.8 Å². The number of amidine groups is 1. The molecule has 2 aromatic carbocycles. The lowest BCUT2D eigenvalue weighted by atomic mass is 9.84. The Labute approximate surface area is 167 Å². The molecule has 1 saturated heterocycles. The van der Waals surface area contributed by atoms with Gasteiger partial charge in [0, 0.05) is 11.2 Å². The highest BCUT2D eigenvalue weighted by Gasteiger charge is 2.99. The van der Waals surface area contributed by atoms with Crippen molar-refractivity contribution in [3.05, 3.63) is 60.2 Å². The van der Waals surface area contributed by atoms with Gasteiger partial charge >= 0.3 is 0 Å². The van der Waals surface area contributed by atoms with Gasteiger partial charge in [0.05, 0.1) is 18.7 Å². The first-order valence-electron chi connectivity index (χ1n) is 9.15. The second-order valence-electron chi connectivity index (χ2n) is 7.57. The fourth-order valence-corrected chi connectivity index (χ4v) is 6.70. The second-order valence-corrected chi connectivity index (χ2v) is 8.82. The van der Waals surface area contributed by atoms with E-state index in [1.807, 2.05) is 49.4 Å². The Morgan fingerprint density at radius 3 is 2.29 bits per heavy atom. The molecule has 5 nitrogen and oxygen atoms in total. The molecule has 6 heteroatoms. The SMILES string of the molecule is C[C@]1(c2ccc(-c3ccccc3)cc2)[C@]2(C#N)C(N)=N[C@@]3(OCCS3)[C@@]21C#N. The molecule has 2 fully saturated rings. The van der Waals surface area contributed by atoms with Gasteiger partial charge in [-0.2, -0.15) is 10.5 Å². The Kier molecular flexibility index (Phi) is 3.33. The molecule has 3 aliphatic rings. The number of rotatable bonds is 2. The van der Waals surface area contributed by atoms with Crippen molar-refractivity contribution in [3.63, 3.8) is 0 Å². The second kappa shape index (κ2) is 5.38. The number of benzene rings is 2. The van der Waals surface area contributed by atoms with Crippen molar-refractivity contribution in [1.82, 2.24) is 0 Å². The largest absolute Gasteiger partial charge is 0.386 e. The maximum Gasteiger partial charge on any atom is 0.231 e. The summed E-state index contributed by atoms with van der Waals surface area (Å²) < 4.78 is 5.98. The summed E-state index contributed by atoms with van der Waals surface area (Å²) in [5.41, 5.74) is 6.30. The summed E-state index contributed by atoms with van der Waals surface area (Å²) in [5, 5.41) is 19.4. The number of thioether (sulfide) groups is 1. The molecule has 5 rings (SSSR count). The fraction of sp³-hybridized carbons (Fsp3) is 0.318. The number of nitrogens with zero attached hydrogens (tertiary/aromatic N) is 3. The molecular weight excluding hydrogens is 368 g/mol. The molecule has 1 spiro atoms. The van der Waals surface area contributed by atoms with Crippen molar-refractivity contribution in [2.45, 2.75) is 17.4 Å². The fourth-order valence-electron chi connectivity index (χ4n) is 5.31. The van der Waals surface area contributed by atoms with Gasteiger partial charge in [-0.1, -0.05) is 73.3 Å². The zero-order valence-electron chi connectivity index (χ0n) is 15.3. The molecular formula is C22H18N4OS. The Morgan fingerprint density at radius 2 is 1.71 bits per heavy atom. The molecule has 0 bridgehead atoms. The van der Waals surface area contributed by atoms with Crippen LogP contribution in [0.1, 0.15) is 12.5 Å². The topological polar surface area (TPSA) is 95.2 Å². The van der Waals surface area contributed by atoms with Crippen LogP contribution in [0, 0.1) is 33.5 Å². The summed E-state index contributed by atoms with van der Waals surface area (Å²) in [5.74, 6) is 0.936. The number of ether oxygens (including phenoxy) is 1. The van der Waals surface area contributed by atoms with Gasteiger partial charge in [0.1, 0.15) is 5.84 Å². The lowest BCUT2D eigenvalue weighted by Crippen LogP contribution is -2.38. The van der Waals surface area contributed by atoms with E-state index in [-0.39, 0.29) is 5.84 Å². The van der Waals surface area contributed by atoms with Crippen molar-refractivity contribution in [1.29, 1.82) is 10.5 Å². The van der Waals surface area contributed by atoms with Crippen molar-refractivity contribution < 1.29 is 4.74 Å². The third-order valence-electron chi connectivity index (χ3n) is 6.71. The summed E-state index contributed by atoms with van der Waals surface area (Å²) in [6.45, 7) is 2.44. The number of hydrogen-bond acceptors (Lipinski definition) is 6.